The molecule has 2 amide bonds. The number of allylic oxidation sites excluding steroid dienone is 6. The predicted octanol–water partition coefficient (Wildman–Crippen LogP) is 6.15. The fourth-order valence-corrected chi connectivity index (χ4v) is 9.68. The molecule has 0 saturated carbocycles. The Morgan fingerprint density at radius 1 is 1.38 bits per heavy atom. The van der Waals surface area contributed by atoms with E-state index in [0.717, 1.165) is 10.0 Å². The summed E-state index contributed by atoms with van der Waals surface area (Å²) >= 11 is 0.737. The summed E-state index contributed by atoms with van der Waals surface area (Å²) in [5.41, 5.74) is 1.88. The Hall–Kier alpha value is -1.11. The van der Waals surface area contributed by atoms with Crippen LogP contribution < -0.4 is 10.2 Å². The van der Waals surface area contributed by atoms with Crippen LogP contribution in [-0.2, 0) is 9.53 Å². The molecule has 1 saturated heterocycles. The van der Waals surface area contributed by atoms with Gasteiger partial charge in [0, 0.05) is 6.54 Å². The Labute approximate surface area is 273 Å². The van der Waals surface area contributed by atoms with Gasteiger partial charge in [-0.15, -0.1) is 0 Å². The summed E-state index contributed by atoms with van der Waals surface area (Å²) in [6.45, 7) is 12.8. The van der Waals surface area contributed by atoms with Gasteiger partial charge in [0.2, 0.25) is 0 Å². The van der Waals surface area contributed by atoms with Crippen LogP contribution in [0.2, 0.25) is 0 Å². The summed E-state index contributed by atoms with van der Waals surface area (Å²) in [6, 6.07) is 3.37. The van der Waals surface area contributed by atoms with E-state index < -0.39 is 32.7 Å². The van der Waals surface area contributed by atoms with Crippen molar-refractivity contribution in [1.29, 1.82) is 0 Å². The normalized spacial score (nSPS) is 20.3. The molecule has 0 spiro atoms. The van der Waals surface area contributed by atoms with E-state index in [1.165, 1.54) is 10.0 Å². The molecular formula is C28H37FI2N5O3Tl. The molecule has 2 unspecified atom stereocenters. The number of nitrogens with one attached hydrogen (secondary N) is 1. The van der Waals surface area contributed by atoms with Crippen LogP contribution in [0, 0.1) is 5.92 Å². The Morgan fingerprint density at radius 3 is 2.70 bits per heavy atom. The quantitative estimate of drug-likeness (QED) is 0.146. The maximum absolute atomic E-state index is 15.4. The number of amides is 2. The van der Waals surface area contributed by atoms with Crippen LogP contribution in [0.15, 0.2) is 57.9 Å². The van der Waals surface area contributed by atoms with Crippen molar-refractivity contribution in [2.24, 2.45) is 5.92 Å². The van der Waals surface area contributed by atoms with Crippen LogP contribution >= 0.6 is 42.4 Å². The number of halogens is 3. The Bertz CT molecular complexity index is 1190. The first kappa shape index (κ1) is 33.4. The monoisotopic (exact) mass is 969 g/mol. The van der Waals surface area contributed by atoms with Crippen LogP contribution in [0.3, 0.4) is 0 Å². The molecular weight excluding hydrogens is 932 g/mol. The number of piperidine rings is 1. The van der Waals surface area contributed by atoms with Crippen molar-refractivity contribution < 1.29 is 18.7 Å². The number of hydrogen-bond acceptors (Lipinski definition) is 6. The number of alkyl halides is 4. The van der Waals surface area contributed by atoms with Gasteiger partial charge in [0.15, 0.2) is 0 Å². The summed E-state index contributed by atoms with van der Waals surface area (Å²) in [5.74, 6) is 0.170. The number of carbonyl (C=O) groups excluding carboxylic acids is 2. The molecule has 216 valence electrons. The average Bonchev–Trinajstić information content (AvgIpc) is 2.90. The Kier molecular flexibility index (Phi) is 12.0. The van der Waals surface area contributed by atoms with Crippen molar-refractivity contribution >= 4 is 91.8 Å². The van der Waals surface area contributed by atoms with Crippen molar-refractivity contribution in [2.75, 3.05) is 39.2 Å². The number of aromatic nitrogens is 2. The summed E-state index contributed by atoms with van der Waals surface area (Å²) in [6.07, 6.45) is 7.00. The van der Waals surface area contributed by atoms with E-state index in [0.29, 0.717) is 36.7 Å². The van der Waals surface area contributed by atoms with Gasteiger partial charge in [-0.25, -0.2) is 4.79 Å². The molecule has 2 atom stereocenters. The third-order valence-electron chi connectivity index (χ3n) is 6.32. The molecule has 0 radical (unpaired) electrons. The fraction of sp³-hybridized carbons (Fsp3) is 0.500. The SMILES string of the molecule is C=C(/C=C(\N(C)c1ccc(NC(=O)C2CCCN(C(=O)OC(C)(C)C)C2)nn1)[C](F)(I)[Tl])C1=CC=CI(CC)C1. The predicted molar refractivity (Wildman–Crippen MR) is 177 cm³/mol. The van der Waals surface area contributed by atoms with Crippen LogP contribution in [0.4, 0.5) is 20.8 Å². The van der Waals surface area contributed by atoms with Gasteiger partial charge >= 0.3 is 234 Å². The van der Waals surface area contributed by atoms with Crippen molar-refractivity contribution in [3.63, 3.8) is 0 Å². The van der Waals surface area contributed by atoms with Gasteiger partial charge in [0.25, 0.3) is 0 Å². The van der Waals surface area contributed by atoms with Gasteiger partial charge in [-0.3, -0.25) is 0 Å². The van der Waals surface area contributed by atoms with Gasteiger partial charge in [-0.1, -0.05) is 0 Å². The molecule has 2 aliphatic heterocycles. The van der Waals surface area contributed by atoms with Crippen molar-refractivity contribution in [2.45, 2.75) is 47.4 Å². The molecule has 40 heavy (non-hydrogen) atoms. The second-order valence-electron chi connectivity index (χ2n) is 10.7. The zero-order valence-corrected chi connectivity index (χ0v) is 32.5. The molecule has 12 heteroatoms. The number of anilines is 2. The number of carbonyl (C=O) groups is 2. The Morgan fingerprint density at radius 2 is 2.10 bits per heavy atom. The average molecular weight is 969 g/mol. The molecule has 2 aliphatic rings. The zero-order valence-electron chi connectivity index (χ0n) is 23.7. The van der Waals surface area contributed by atoms with Crippen LogP contribution in [0.5, 0.6) is 0 Å². The van der Waals surface area contributed by atoms with E-state index in [-0.39, 0.29) is 44.1 Å². The first-order valence-electron chi connectivity index (χ1n) is 13.1. The summed E-state index contributed by atoms with van der Waals surface area (Å²) in [5, 5.41) is 11.3. The molecule has 1 fully saturated rings. The number of hydrogen-bond donors (Lipinski definition) is 1. The first-order chi connectivity index (χ1) is 18.7. The topological polar surface area (TPSA) is 87.7 Å². The zero-order chi connectivity index (χ0) is 29.7. The Balaban J connectivity index is 1.68. The minimum atomic E-state index is -1.51. The first-order valence-corrected chi connectivity index (χ1v) is 20.7. The molecule has 0 bridgehead atoms. The van der Waals surface area contributed by atoms with Crippen LogP contribution in [0.25, 0.3) is 0 Å². The van der Waals surface area contributed by atoms with Gasteiger partial charge in [-0.2, -0.15) is 0 Å². The second-order valence-corrected chi connectivity index (χ2v) is 25.8. The third-order valence-corrected chi connectivity index (χ3v) is 13.2. The molecule has 1 N–H and O–H groups in total. The van der Waals surface area contributed by atoms with Crippen LogP contribution in [-0.4, -0.2) is 88.7 Å². The summed E-state index contributed by atoms with van der Waals surface area (Å²) < 4.78 is 24.0. The molecule has 1 aromatic rings. The van der Waals surface area contributed by atoms with E-state index in [1.54, 1.807) is 29.0 Å². The van der Waals surface area contributed by atoms with Crippen molar-refractivity contribution in [1.82, 2.24) is 15.1 Å². The van der Waals surface area contributed by atoms with E-state index in [2.05, 4.69) is 45.3 Å². The van der Waals surface area contributed by atoms with E-state index in [1.807, 2.05) is 49.4 Å². The molecule has 3 rings (SSSR count). The number of rotatable bonds is 8. The van der Waals surface area contributed by atoms with Gasteiger partial charge < -0.3 is 4.74 Å². The molecule has 3 heterocycles. The maximum atomic E-state index is 15.4. The molecule has 0 aliphatic carbocycles. The number of likely N-dealkylation sites (tertiary alicyclic amines) is 1. The number of ether oxygens (including phenoxy) is 1. The van der Waals surface area contributed by atoms with Gasteiger partial charge in [0.05, 0.1) is 0 Å². The van der Waals surface area contributed by atoms with E-state index in [9.17, 15) is 9.59 Å². The van der Waals surface area contributed by atoms with Crippen molar-refractivity contribution in [3.8, 4) is 0 Å². The standard InChI is InChI=1S/C28H37FI2N5O3.Tl/c1-7-31-14-8-10-20(17-31)19(2)16-22(25(29)30)35(6)24-13-12-23(33-34-24)32-26(37)21-11-9-15-36(18-21)27(38)39-28(3,4)5;/h8,10,12-14,16,21H,2,7,9,11,15,17-18H2,1,3-6H3,(H,32,33,37);/b22-16-;. The van der Waals surface area contributed by atoms with Crippen LogP contribution in [0.1, 0.15) is 40.5 Å². The van der Waals surface area contributed by atoms with Crippen molar-refractivity contribution in [3.05, 3.63) is 57.9 Å². The van der Waals surface area contributed by atoms with Gasteiger partial charge in [-0.05, 0) is 20.8 Å². The third kappa shape index (κ3) is 9.73. The van der Waals surface area contributed by atoms with Gasteiger partial charge in [0.1, 0.15) is 5.60 Å². The molecule has 1 aromatic heterocycles. The fourth-order valence-electron chi connectivity index (χ4n) is 4.19. The summed E-state index contributed by atoms with van der Waals surface area (Å²) in [4.78, 5) is 28.7. The second kappa shape index (κ2) is 14.4. The molecule has 0 aromatic carbocycles. The van der Waals surface area contributed by atoms with E-state index >= 15 is 4.39 Å². The summed E-state index contributed by atoms with van der Waals surface area (Å²) in [7, 11) is 1.77. The number of nitrogens with zero attached hydrogens (tertiary/aromatic N) is 4. The molecule has 8 nitrogen and oxygen atoms in total. The van der Waals surface area contributed by atoms with E-state index in [4.69, 9.17) is 4.74 Å². The minimum absolute atomic E-state index is 0.0288.